The van der Waals surface area contributed by atoms with Gasteiger partial charge >= 0.3 is 5.97 Å². The molecule has 1 aliphatic heterocycles. The molecule has 1 saturated heterocycles. The Morgan fingerprint density at radius 3 is 2.31 bits per heavy atom. The lowest BCUT2D eigenvalue weighted by atomic mass is 9.87. The van der Waals surface area contributed by atoms with E-state index in [1.165, 1.54) is 16.8 Å². The molecule has 2 atom stereocenters. The minimum absolute atomic E-state index is 0.0415. The maximum absolute atomic E-state index is 15.7. The quantitative estimate of drug-likeness (QED) is 0.233. The Morgan fingerprint density at radius 1 is 1.04 bits per heavy atom. The van der Waals surface area contributed by atoms with E-state index in [0.717, 1.165) is 33.4 Å². The highest BCUT2D eigenvalue weighted by atomic mass is 19.1. The van der Waals surface area contributed by atoms with Gasteiger partial charge in [0.15, 0.2) is 0 Å². The number of halogens is 2. The number of likely N-dealkylation sites (tertiary alicyclic amines) is 1. The van der Waals surface area contributed by atoms with Crippen molar-refractivity contribution >= 4 is 18.1 Å². The zero-order valence-electron chi connectivity index (χ0n) is 26.9. The van der Waals surface area contributed by atoms with Crippen molar-refractivity contribution < 1.29 is 23.5 Å². The lowest BCUT2D eigenvalue weighted by Crippen LogP contribution is -2.48. The average Bonchev–Trinajstić information content (AvgIpc) is 2.93. The summed E-state index contributed by atoms with van der Waals surface area (Å²) in [6.07, 6.45) is 2.52. The monoisotopic (exact) mass is 619 g/mol. The van der Waals surface area contributed by atoms with Gasteiger partial charge in [-0.15, -0.1) is 0 Å². The van der Waals surface area contributed by atoms with Crippen LogP contribution in [0.2, 0.25) is 0 Å². The number of pyridine rings is 1. The van der Waals surface area contributed by atoms with Crippen LogP contribution in [-0.2, 0) is 16.0 Å². The number of carbonyl (C=O) groups is 2. The molecule has 0 aliphatic carbocycles. The Balaban J connectivity index is 1.68. The van der Waals surface area contributed by atoms with E-state index in [-0.39, 0.29) is 17.0 Å². The first-order chi connectivity index (χ1) is 21.2. The van der Waals surface area contributed by atoms with E-state index in [4.69, 9.17) is 0 Å². The second-order valence-electron chi connectivity index (χ2n) is 12.8. The molecule has 0 saturated carbocycles. The molecule has 3 aromatic rings. The zero-order valence-corrected chi connectivity index (χ0v) is 26.9. The molecular formula is C36H43F2N3O4. The van der Waals surface area contributed by atoms with Crippen molar-refractivity contribution in [2.24, 2.45) is 10.9 Å². The zero-order chi connectivity index (χ0) is 33.0. The third-order valence-electron chi connectivity index (χ3n) is 8.37. The third kappa shape index (κ3) is 8.39. The highest BCUT2D eigenvalue weighted by molar-refractivity contribution is 5.91. The molecule has 0 bridgehead atoms. The minimum atomic E-state index is -1.16. The van der Waals surface area contributed by atoms with Crippen LogP contribution >= 0.6 is 0 Å². The topological polar surface area (TPSA) is 92.0 Å². The predicted octanol–water partition coefficient (Wildman–Crippen LogP) is 6.53. The van der Waals surface area contributed by atoms with Gasteiger partial charge in [0.1, 0.15) is 18.0 Å². The number of aliphatic imine (C=N–C) groups is 1. The number of hydrogen-bond donors (Lipinski definition) is 1. The number of alkyl halides is 1. The van der Waals surface area contributed by atoms with Crippen LogP contribution in [0.5, 0.6) is 0 Å². The number of aromatic nitrogens is 1. The third-order valence-corrected chi connectivity index (χ3v) is 8.37. The molecule has 0 spiro atoms. The Bertz CT molecular complexity index is 1630. The van der Waals surface area contributed by atoms with Crippen LogP contribution in [-0.4, -0.2) is 58.5 Å². The highest BCUT2D eigenvalue weighted by Gasteiger charge is 2.27. The van der Waals surface area contributed by atoms with Gasteiger partial charge in [-0.1, -0.05) is 37.6 Å². The summed E-state index contributed by atoms with van der Waals surface area (Å²) in [5.41, 5.74) is 5.82. The maximum atomic E-state index is 15.7. The Hall–Kier alpha value is -3.98. The van der Waals surface area contributed by atoms with Crippen LogP contribution in [0.3, 0.4) is 0 Å². The van der Waals surface area contributed by atoms with Gasteiger partial charge in [0, 0.05) is 44.0 Å². The summed E-state index contributed by atoms with van der Waals surface area (Å²) >= 11 is 0. The number of hydrogen-bond acceptors (Lipinski definition) is 4. The van der Waals surface area contributed by atoms with Crippen molar-refractivity contribution in [2.75, 3.05) is 19.6 Å². The molecule has 45 heavy (non-hydrogen) atoms. The number of benzene rings is 2. The molecule has 2 unspecified atom stereocenters. The summed E-state index contributed by atoms with van der Waals surface area (Å²) in [5.74, 6) is -3.29. The molecule has 1 aliphatic rings. The van der Waals surface area contributed by atoms with Gasteiger partial charge in [0.2, 0.25) is 0 Å². The molecule has 7 nitrogen and oxygen atoms in total. The van der Waals surface area contributed by atoms with E-state index in [0.29, 0.717) is 38.0 Å². The number of carboxylic acid groups (broad SMARTS) is 1. The van der Waals surface area contributed by atoms with E-state index in [1.54, 1.807) is 31.3 Å². The standard InChI is InChI=1S/C36H43F2N3O4/c1-21(2)11-31(41-18-26(7-8-32(41)42)9-10-40-19-29(37)20-40)36(45)39-17-28(16-33(43)44)30-15-27(14-25(6)35(30)38)34-23(4)12-22(3)13-24(34)5/h7-8,12-15,17-18,21,28-29,31H,9-11,16,19-20H2,1-6H3,(H,43,44). The van der Waals surface area contributed by atoms with Crippen LogP contribution in [0.15, 0.2) is 52.4 Å². The molecule has 1 aromatic heterocycles. The van der Waals surface area contributed by atoms with Crippen molar-refractivity contribution in [1.82, 2.24) is 9.47 Å². The first kappa shape index (κ1) is 33.9. The van der Waals surface area contributed by atoms with Gasteiger partial charge in [0.05, 0.1) is 6.42 Å². The van der Waals surface area contributed by atoms with Gasteiger partial charge in [-0.2, -0.15) is 0 Å². The highest BCUT2D eigenvalue weighted by Crippen LogP contribution is 2.34. The van der Waals surface area contributed by atoms with Gasteiger partial charge in [-0.3, -0.25) is 19.3 Å². The molecule has 0 radical (unpaired) electrons. The van der Waals surface area contributed by atoms with Crippen molar-refractivity contribution in [3.05, 3.63) is 92.1 Å². The summed E-state index contributed by atoms with van der Waals surface area (Å²) in [6, 6.07) is 9.70. The van der Waals surface area contributed by atoms with Crippen molar-refractivity contribution in [2.45, 2.75) is 78.9 Å². The SMILES string of the molecule is Cc1cc(C)c(-c2cc(C)c(F)c(C(C=NC(=O)C(CC(C)C)n3cc(CCN4CC(F)C4)ccc3=O)CC(=O)O)c2)c(C)c1. The first-order valence-corrected chi connectivity index (χ1v) is 15.5. The lowest BCUT2D eigenvalue weighted by molar-refractivity contribution is -0.137. The lowest BCUT2D eigenvalue weighted by Gasteiger charge is -2.34. The van der Waals surface area contributed by atoms with Crippen molar-refractivity contribution in [3.63, 3.8) is 0 Å². The number of aryl methyl sites for hydroxylation is 4. The largest absolute Gasteiger partial charge is 0.481 e. The van der Waals surface area contributed by atoms with Crippen molar-refractivity contribution in [1.29, 1.82) is 0 Å². The molecule has 2 heterocycles. The number of carbonyl (C=O) groups excluding carboxylic acids is 1. The van der Waals surface area contributed by atoms with Crippen LogP contribution in [0.1, 0.15) is 72.0 Å². The molecule has 1 fully saturated rings. The number of rotatable bonds is 12. The van der Waals surface area contributed by atoms with Gasteiger partial charge in [-0.25, -0.2) is 13.8 Å². The average molecular weight is 620 g/mol. The summed E-state index contributed by atoms with van der Waals surface area (Å²) in [4.78, 5) is 44.7. The number of nitrogens with zero attached hydrogens (tertiary/aromatic N) is 3. The smallest absolute Gasteiger partial charge is 0.304 e. The van der Waals surface area contributed by atoms with Crippen molar-refractivity contribution in [3.8, 4) is 11.1 Å². The Kier molecular flexibility index (Phi) is 10.9. The summed E-state index contributed by atoms with van der Waals surface area (Å²) in [7, 11) is 0. The number of aliphatic carboxylic acids is 1. The van der Waals surface area contributed by atoms with Crippen LogP contribution in [0.25, 0.3) is 11.1 Å². The minimum Gasteiger partial charge on any atom is -0.481 e. The van der Waals surface area contributed by atoms with E-state index >= 15 is 4.39 Å². The fraction of sp³-hybridized carbons (Fsp3) is 0.444. The van der Waals surface area contributed by atoms with Gasteiger partial charge in [-0.05, 0) is 97.5 Å². The fourth-order valence-corrected chi connectivity index (χ4v) is 6.22. The Labute approximate surface area is 263 Å². The molecule has 1 amide bonds. The van der Waals surface area contributed by atoms with E-state index in [1.807, 2.05) is 51.7 Å². The van der Waals surface area contributed by atoms with Crippen LogP contribution in [0, 0.1) is 39.4 Å². The summed E-state index contributed by atoms with van der Waals surface area (Å²) in [6.45, 7) is 12.9. The maximum Gasteiger partial charge on any atom is 0.304 e. The van der Waals surface area contributed by atoms with E-state index < -0.39 is 42.2 Å². The number of amides is 1. The summed E-state index contributed by atoms with van der Waals surface area (Å²) < 4.78 is 30.3. The first-order valence-electron chi connectivity index (χ1n) is 15.5. The Morgan fingerprint density at radius 2 is 1.71 bits per heavy atom. The molecular weight excluding hydrogens is 576 g/mol. The van der Waals surface area contributed by atoms with Crippen LogP contribution < -0.4 is 5.56 Å². The molecule has 2 aromatic carbocycles. The van der Waals surface area contributed by atoms with E-state index in [2.05, 4.69) is 4.99 Å². The van der Waals surface area contributed by atoms with Gasteiger partial charge in [0.25, 0.3) is 11.5 Å². The molecule has 1 N–H and O–H groups in total. The molecule has 4 rings (SSSR count). The molecule has 240 valence electrons. The number of carboxylic acids is 1. The summed E-state index contributed by atoms with van der Waals surface area (Å²) in [5, 5.41) is 9.74. The second kappa shape index (κ2) is 14.4. The second-order valence-corrected chi connectivity index (χ2v) is 12.8. The normalized spacial score (nSPS) is 15.4. The predicted molar refractivity (Wildman–Crippen MR) is 174 cm³/mol. The fourth-order valence-electron chi connectivity index (χ4n) is 6.22. The van der Waals surface area contributed by atoms with E-state index in [9.17, 15) is 23.9 Å². The van der Waals surface area contributed by atoms with Crippen LogP contribution in [0.4, 0.5) is 8.78 Å². The molecule has 9 heteroatoms. The van der Waals surface area contributed by atoms with Gasteiger partial charge < -0.3 is 9.67 Å².